The van der Waals surface area contributed by atoms with Crippen LogP contribution in [0.2, 0.25) is 0 Å². The SMILES string of the molecule is CNc1n[nH]c(N)c1NC(=O)c1ccccc1. The van der Waals surface area contributed by atoms with Crippen molar-refractivity contribution < 1.29 is 4.79 Å². The predicted octanol–water partition coefficient (Wildman–Crippen LogP) is 1.29. The molecule has 6 nitrogen and oxygen atoms in total. The lowest BCUT2D eigenvalue weighted by Gasteiger charge is -2.05. The van der Waals surface area contributed by atoms with Gasteiger partial charge in [-0.15, -0.1) is 0 Å². The number of rotatable bonds is 3. The summed E-state index contributed by atoms with van der Waals surface area (Å²) in [5.41, 5.74) is 6.70. The zero-order valence-corrected chi connectivity index (χ0v) is 9.32. The topological polar surface area (TPSA) is 95.8 Å². The van der Waals surface area contributed by atoms with E-state index in [0.717, 1.165) is 0 Å². The minimum Gasteiger partial charge on any atom is -0.382 e. The average Bonchev–Trinajstić information content (AvgIpc) is 2.71. The molecule has 0 saturated heterocycles. The average molecular weight is 231 g/mol. The van der Waals surface area contributed by atoms with Crippen molar-refractivity contribution in [1.82, 2.24) is 10.2 Å². The highest BCUT2D eigenvalue weighted by atomic mass is 16.1. The van der Waals surface area contributed by atoms with E-state index >= 15 is 0 Å². The summed E-state index contributed by atoms with van der Waals surface area (Å²) in [6, 6.07) is 8.90. The van der Waals surface area contributed by atoms with Crippen LogP contribution in [0.25, 0.3) is 0 Å². The van der Waals surface area contributed by atoms with E-state index in [1.54, 1.807) is 31.3 Å². The summed E-state index contributed by atoms with van der Waals surface area (Å²) in [6.07, 6.45) is 0. The Balaban J connectivity index is 2.21. The Labute approximate surface area is 98.2 Å². The van der Waals surface area contributed by atoms with Gasteiger partial charge in [0.1, 0.15) is 11.5 Å². The van der Waals surface area contributed by atoms with Gasteiger partial charge < -0.3 is 16.4 Å². The first-order chi connectivity index (χ1) is 8.22. The smallest absolute Gasteiger partial charge is 0.255 e. The first kappa shape index (κ1) is 11.0. The normalized spacial score (nSPS) is 9.94. The van der Waals surface area contributed by atoms with Crippen molar-refractivity contribution in [3.8, 4) is 0 Å². The van der Waals surface area contributed by atoms with E-state index in [1.807, 2.05) is 6.07 Å². The molecular weight excluding hydrogens is 218 g/mol. The summed E-state index contributed by atoms with van der Waals surface area (Å²) in [4.78, 5) is 11.9. The van der Waals surface area contributed by atoms with E-state index in [2.05, 4.69) is 20.8 Å². The number of nitrogens with one attached hydrogen (secondary N) is 3. The van der Waals surface area contributed by atoms with Crippen molar-refractivity contribution in [3.63, 3.8) is 0 Å². The van der Waals surface area contributed by atoms with Gasteiger partial charge in [-0.1, -0.05) is 18.2 Å². The minimum atomic E-state index is -0.227. The van der Waals surface area contributed by atoms with Gasteiger partial charge in [-0.2, -0.15) is 5.10 Å². The minimum absolute atomic E-state index is 0.227. The molecule has 1 aromatic heterocycles. The van der Waals surface area contributed by atoms with Gasteiger partial charge in [-0.3, -0.25) is 9.89 Å². The zero-order chi connectivity index (χ0) is 12.3. The van der Waals surface area contributed by atoms with E-state index in [4.69, 9.17) is 5.73 Å². The Morgan fingerprint density at radius 1 is 1.35 bits per heavy atom. The van der Waals surface area contributed by atoms with E-state index in [1.165, 1.54) is 0 Å². The largest absolute Gasteiger partial charge is 0.382 e. The molecule has 1 aromatic carbocycles. The number of aromatic nitrogens is 2. The molecule has 0 fully saturated rings. The van der Waals surface area contributed by atoms with Crippen molar-refractivity contribution in [2.75, 3.05) is 23.4 Å². The molecule has 17 heavy (non-hydrogen) atoms. The van der Waals surface area contributed by atoms with Crippen LogP contribution in [0.4, 0.5) is 17.3 Å². The number of hydrogen-bond donors (Lipinski definition) is 4. The number of nitrogen functional groups attached to an aromatic ring is 1. The Morgan fingerprint density at radius 2 is 2.06 bits per heavy atom. The molecular formula is C11H13N5O. The van der Waals surface area contributed by atoms with Gasteiger partial charge in [0.15, 0.2) is 5.82 Å². The number of H-pyrrole nitrogens is 1. The highest BCUT2D eigenvalue weighted by Gasteiger charge is 2.13. The van der Waals surface area contributed by atoms with Gasteiger partial charge in [-0.05, 0) is 12.1 Å². The number of carbonyl (C=O) groups is 1. The lowest BCUT2D eigenvalue weighted by molar-refractivity contribution is 0.102. The maximum Gasteiger partial charge on any atom is 0.255 e. The number of benzene rings is 1. The van der Waals surface area contributed by atoms with Crippen LogP contribution in [-0.4, -0.2) is 23.2 Å². The number of amides is 1. The summed E-state index contributed by atoms with van der Waals surface area (Å²) >= 11 is 0. The lowest BCUT2D eigenvalue weighted by atomic mass is 10.2. The van der Waals surface area contributed by atoms with Crippen LogP contribution in [-0.2, 0) is 0 Å². The fraction of sp³-hybridized carbons (Fsp3) is 0.0909. The van der Waals surface area contributed by atoms with Crippen LogP contribution < -0.4 is 16.4 Å². The number of nitrogens with zero attached hydrogens (tertiary/aromatic N) is 1. The molecule has 2 rings (SSSR count). The molecule has 1 amide bonds. The van der Waals surface area contributed by atoms with Gasteiger partial charge >= 0.3 is 0 Å². The van der Waals surface area contributed by atoms with Gasteiger partial charge in [0.05, 0.1) is 0 Å². The first-order valence-corrected chi connectivity index (χ1v) is 5.10. The summed E-state index contributed by atoms with van der Waals surface area (Å²) in [5, 5.41) is 12.0. The van der Waals surface area contributed by atoms with Crippen molar-refractivity contribution in [2.24, 2.45) is 0 Å². The van der Waals surface area contributed by atoms with Crippen molar-refractivity contribution in [3.05, 3.63) is 35.9 Å². The third kappa shape index (κ3) is 2.20. The summed E-state index contributed by atoms with van der Waals surface area (Å²) < 4.78 is 0. The fourth-order valence-corrected chi connectivity index (χ4v) is 1.44. The number of aromatic amines is 1. The number of carbonyl (C=O) groups excluding carboxylic acids is 1. The Morgan fingerprint density at radius 3 is 2.71 bits per heavy atom. The Hall–Kier alpha value is -2.50. The highest BCUT2D eigenvalue weighted by Crippen LogP contribution is 2.25. The van der Waals surface area contributed by atoms with Crippen LogP contribution in [0.1, 0.15) is 10.4 Å². The summed E-state index contributed by atoms with van der Waals surface area (Å²) in [5.74, 6) is 0.598. The molecule has 0 spiro atoms. The highest BCUT2D eigenvalue weighted by molar-refractivity contribution is 6.07. The molecule has 6 heteroatoms. The van der Waals surface area contributed by atoms with Gasteiger partial charge in [-0.25, -0.2) is 0 Å². The molecule has 0 bridgehead atoms. The van der Waals surface area contributed by atoms with Crippen molar-refractivity contribution in [1.29, 1.82) is 0 Å². The Bertz CT molecular complexity index is 520. The first-order valence-electron chi connectivity index (χ1n) is 5.10. The molecule has 0 aliphatic carbocycles. The molecule has 5 N–H and O–H groups in total. The summed E-state index contributed by atoms with van der Waals surface area (Å²) in [6.45, 7) is 0. The van der Waals surface area contributed by atoms with Crippen LogP contribution >= 0.6 is 0 Å². The zero-order valence-electron chi connectivity index (χ0n) is 9.32. The monoisotopic (exact) mass is 231 g/mol. The van der Waals surface area contributed by atoms with Crippen LogP contribution in [0.3, 0.4) is 0 Å². The van der Waals surface area contributed by atoms with Crippen LogP contribution in [0, 0.1) is 0 Å². The third-order valence-electron chi connectivity index (χ3n) is 2.31. The molecule has 0 unspecified atom stereocenters. The van der Waals surface area contributed by atoms with Crippen molar-refractivity contribution >= 4 is 23.2 Å². The molecule has 1 heterocycles. The molecule has 88 valence electrons. The van der Waals surface area contributed by atoms with Gasteiger partial charge in [0.2, 0.25) is 0 Å². The second kappa shape index (κ2) is 4.56. The third-order valence-corrected chi connectivity index (χ3v) is 2.31. The van der Waals surface area contributed by atoms with Crippen LogP contribution in [0.5, 0.6) is 0 Å². The maximum atomic E-state index is 11.9. The fourth-order valence-electron chi connectivity index (χ4n) is 1.44. The van der Waals surface area contributed by atoms with E-state index in [9.17, 15) is 4.79 Å². The lowest BCUT2D eigenvalue weighted by Crippen LogP contribution is -2.13. The maximum absolute atomic E-state index is 11.9. The molecule has 0 aliphatic heterocycles. The Kier molecular flexibility index (Phi) is 2.95. The van der Waals surface area contributed by atoms with Crippen LogP contribution in [0.15, 0.2) is 30.3 Å². The second-order valence-electron chi connectivity index (χ2n) is 3.43. The number of hydrogen-bond acceptors (Lipinski definition) is 4. The molecule has 2 aromatic rings. The molecule has 0 saturated carbocycles. The number of nitrogens with two attached hydrogens (primary N) is 1. The van der Waals surface area contributed by atoms with Crippen molar-refractivity contribution in [2.45, 2.75) is 0 Å². The standard InChI is InChI=1S/C11H13N5O/c1-13-10-8(9(12)15-16-10)14-11(17)7-5-3-2-4-6-7/h2-6H,1H3,(H,14,17)(H4,12,13,15,16). The number of anilines is 3. The second-order valence-corrected chi connectivity index (χ2v) is 3.43. The van der Waals surface area contributed by atoms with E-state index in [-0.39, 0.29) is 5.91 Å². The van der Waals surface area contributed by atoms with E-state index < -0.39 is 0 Å². The predicted molar refractivity (Wildman–Crippen MR) is 66.9 cm³/mol. The molecule has 0 radical (unpaired) electrons. The van der Waals surface area contributed by atoms with Gasteiger partial charge in [0, 0.05) is 12.6 Å². The van der Waals surface area contributed by atoms with Gasteiger partial charge in [0.25, 0.3) is 5.91 Å². The molecule has 0 atom stereocenters. The molecule has 0 aliphatic rings. The summed E-state index contributed by atoms with van der Waals surface area (Å²) in [7, 11) is 1.70. The van der Waals surface area contributed by atoms with E-state index in [0.29, 0.717) is 22.9 Å². The quantitative estimate of drug-likeness (QED) is 0.640.